The predicted molar refractivity (Wildman–Crippen MR) is 96.0 cm³/mol. The first kappa shape index (κ1) is 23.3. The standard InChI is InChI=1S/C18H28N4O6/c19-8-2-1-3-14(18(27)28)21-17(26)15(22-16(25)13(20)10-23)9-11-4-6-12(24)7-5-11/h4-7,13-15,23-24H,1-3,8-10,19-20H2,(H,21,26)(H,22,25)(H,27,28)/p+1/t13-,14-,15-/m0/s1. The van der Waals surface area contributed by atoms with Gasteiger partial charge < -0.3 is 42.2 Å². The van der Waals surface area contributed by atoms with Crippen molar-refractivity contribution in [2.24, 2.45) is 0 Å². The minimum Gasteiger partial charge on any atom is -0.548 e. The van der Waals surface area contributed by atoms with E-state index in [1.165, 1.54) is 12.1 Å². The number of aliphatic hydroxyl groups excluding tert-OH is 1. The molecule has 1 rings (SSSR count). The summed E-state index contributed by atoms with van der Waals surface area (Å²) in [6.45, 7) is 0.158. The van der Waals surface area contributed by atoms with Crippen LogP contribution in [0.4, 0.5) is 0 Å². The lowest BCUT2D eigenvalue weighted by atomic mass is 10.0. The lowest BCUT2D eigenvalue weighted by Crippen LogP contribution is -2.70. The van der Waals surface area contributed by atoms with Crippen LogP contribution in [-0.4, -0.2) is 59.3 Å². The van der Waals surface area contributed by atoms with Gasteiger partial charge in [0.05, 0.1) is 18.6 Å². The highest BCUT2D eigenvalue weighted by Crippen LogP contribution is 2.12. The van der Waals surface area contributed by atoms with E-state index in [0.717, 1.165) is 0 Å². The van der Waals surface area contributed by atoms with Crippen LogP contribution in [0.15, 0.2) is 24.3 Å². The molecule has 0 fully saturated rings. The summed E-state index contributed by atoms with van der Waals surface area (Å²) in [6.07, 6.45) is 1.53. The Kier molecular flexibility index (Phi) is 9.93. The summed E-state index contributed by atoms with van der Waals surface area (Å²) in [4.78, 5) is 36.0. The van der Waals surface area contributed by atoms with E-state index < -0.39 is 42.5 Å². The highest BCUT2D eigenvalue weighted by Gasteiger charge is 2.27. The maximum atomic E-state index is 12.6. The van der Waals surface area contributed by atoms with Crippen LogP contribution in [0.5, 0.6) is 5.75 Å². The Morgan fingerprint density at radius 2 is 1.64 bits per heavy atom. The molecule has 2 amide bonds. The van der Waals surface area contributed by atoms with E-state index in [4.69, 9.17) is 5.11 Å². The predicted octanol–water partition coefficient (Wildman–Crippen LogP) is -4.33. The average Bonchev–Trinajstić information content (AvgIpc) is 2.67. The molecule has 3 atom stereocenters. The maximum Gasteiger partial charge on any atom is 0.281 e. The van der Waals surface area contributed by atoms with Gasteiger partial charge >= 0.3 is 0 Å². The van der Waals surface area contributed by atoms with Crippen molar-refractivity contribution in [1.82, 2.24) is 10.6 Å². The van der Waals surface area contributed by atoms with Crippen LogP contribution >= 0.6 is 0 Å². The van der Waals surface area contributed by atoms with E-state index in [0.29, 0.717) is 24.9 Å². The van der Waals surface area contributed by atoms with Crippen LogP contribution in [-0.2, 0) is 20.8 Å². The number of hydrogen-bond donors (Lipinski definition) is 6. The van der Waals surface area contributed by atoms with Crippen LogP contribution in [0.1, 0.15) is 24.8 Å². The topological polar surface area (TPSA) is 194 Å². The van der Waals surface area contributed by atoms with Crippen LogP contribution in [0.3, 0.4) is 0 Å². The fraction of sp³-hybridized carbons (Fsp3) is 0.500. The smallest absolute Gasteiger partial charge is 0.281 e. The van der Waals surface area contributed by atoms with E-state index in [-0.39, 0.29) is 18.6 Å². The number of quaternary nitrogens is 2. The van der Waals surface area contributed by atoms with Gasteiger partial charge in [-0.15, -0.1) is 0 Å². The van der Waals surface area contributed by atoms with Gasteiger partial charge in [0.15, 0.2) is 6.04 Å². The van der Waals surface area contributed by atoms with E-state index in [9.17, 15) is 24.6 Å². The number of carboxylic acid groups (broad SMARTS) is 1. The average molecular weight is 397 g/mol. The lowest BCUT2D eigenvalue weighted by Gasteiger charge is -2.24. The number of carboxylic acids is 1. The molecular formula is C18H29N4O6+. The monoisotopic (exact) mass is 397 g/mol. The van der Waals surface area contributed by atoms with E-state index in [2.05, 4.69) is 22.1 Å². The molecule has 0 aliphatic heterocycles. The van der Waals surface area contributed by atoms with Gasteiger partial charge in [0, 0.05) is 6.42 Å². The summed E-state index contributed by atoms with van der Waals surface area (Å²) >= 11 is 0. The number of aliphatic carboxylic acids is 1. The van der Waals surface area contributed by atoms with Crippen molar-refractivity contribution in [1.29, 1.82) is 0 Å². The maximum absolute atomic E-state index is 12.6. The highest BCUT2D eigenvalue weighted by molar-refractivity contribution is 5.91. The molecule has 156 valence electrons. The van der Waals surface area contributed by atoms with Gasteiger partial charge in [-0.05, 0) is 37.0 Å². The second-order valence-corrected chi connectivity index (χ2v) is 6.54. The Balaban J connectivity index is 2.90. The van der Waals surface area contributed by atoms with Crippen molar-refractivity contribution in [3.05, 3.63) is 29.8 Å². The van der Waals surface area contributed by atoms with Crippen molar-refractivity contribution >= 4 is 17.8 Å². The molecule has 0 aromatic heterocycles. The minimum absolute atomic E-state index is 0.0503. The van der Waals surface area contributed by atoms with Gasteiger partial charge in [-0.3, -0.25) is 9.59 Å². The van der Waals surface area contributed by atoms with Crippen molar-refractivity contribution in [3.63, 3.8) is 0 Å². The van der Waals surface area contributed by atoms with E-state index in [1.807, 2.05) is 0 Å². The molecule has 28 heavy (non-hydrogen) atoms. The minimum atomic E-state index is -1.41. The van der Waals surface area contributed by atoms with Gasteiger partial charge in [-0.2, -0.15) is 0 Å². The summed E-state index contributed by atoms with van der Waals surface area (Å²) in [5.74, 6) is -2.68. The van der Waals surface area contributed by atoms with Crippen molar-refractivity contribution < 1.29 is 41.2 Å². The third-order valence-corrected chi connectivity index (χ3v) is 4.19. The van der Waals surface area contributed by atoms with Gasteiger partial charge in [0.1, 0.15) is 18.4 Å². The first-order chi connectivity index (χ1) is 13.3. The van der Waals surface area contributed by atoms with Crippen LogP contribution < -0.4 is 27.2 Å². The molecular weight excluding hydrogens is 368 g/mol. The third-order valence-electron chi connectivity index (χ3n) is 4.19. The molecule has 0 heterocycles. The molecule has 0 spiro atoms. The zero-order valence-electron chi connectivity index (χ0n) is 15.7. The number of aromatic hydroxyl groups is 1. The van der Waals surface area contributed by atoms with Crippen molar-refractivity contribution in [2.75, 3.05) is 13.2 Å². The molecule has 1 aromatic rings. The number of hydrogen-bond acceptors (Lipinski definition) is 6. The van der Waals surface area contributed by atoms with Crippen molar-refractivity contribution in [2.45, 2.75) is 43.8 Å². The van der Waals surface area contributed by atoms with Crippen LogP contribution in [0, 0.1) is 0 Å². The van der Waals surface area contributed by atoms with E-state index >= 15 is 0 Å². The number of rotatable bonds is 12. The van der Waals surface area contributed by atoms with Crippen molar-refractivity contribution in [3.8, 4) is 5.75 Å². The molecule has 0 saturated carbocycles. The van der Waals surface area contributed by atoms with Crippen LogP contribution in [0.2, 0.25) is 0 Å². The summed E-state index contributed by atoms with van der Waals surface area (Å²) in [5.41, 5.74) is 7.82. The second kappa shape index (κ2) is 11.9. The Labute approximate surface area is 162 Å². The Morgan fingerprint density at radius 3 is 2.18 bits per heavy atom. The van der Waals surface area contributed by atoms with Crippen LogP contribution in [0.25, 0.3) is 0 Å². The zero-order valence-corrected chi connectivity index (χ0v) is 15.7. The Morgan fingerprint density at radius 1 is 1.04 bits per heavy atom. The molecule has 0 aliphatic carbocycles. The molecule has 0 aliphatic rings. The SMILES string of the molecule is [NH3+]CCCC[C@H](NC(=O)[C@H](Cc1ccc(O)cc1)NC(=O)[C@@H]([NH3+])CO)C(=O)[O-]. The quantitative estimate of drug-likeness (QED) is 0.193. The lowest BCUT2D eigenvalue weighted by molar-refractivity contribution is -0.409. The zero-order chi connectivity index (χ0) is 21.1. The number of benzene rings is 1. The summed E-state index contributed by atoms with van der Waals surface area (Å²) < 4.78 is 0. The fourth-order valence-electron chi connectivity index (χ4n) is 2.50. The number of amides is 2. The number of carbonyl (C=O) groups excluding carboxylic acids is 3. The summed E-state index contributed by atoms with van der Waals surface area (Å²) in [6, 6.07) is 2.80. The Bertz CT molecular complexity index is 652. The number of aliphatic hydroxyl groups is 1. The number of phenols is 1. The van der Waals surface area contributed by atoms with Gasteiger partial charge in [0.25, 0.3) is 5.91 Å². The molecule has 1 aromatic carbocycles. The normalized spacial score (nSPS) is 14.0. The van der Waals surface area contributed by atoms with Gasteiger partial charge in [-0.1, -0.05) is 12.1 Å². The molecule has 0 saturated heterocycles. The largest absolute Gasteiger partial charge is 0.548 e. The third kappa shape index (κ3) is 7.91. The molecule has 0 unspecified atom stereocenters. The highest BCUT2D eigenvalue weighted by atomic mass is 16.4. The van der Waals surface area contributed by atoms with Gasteiger partial charge in [0.2, 0.25) is 5.91 Å². The number of carbonyl (C=O) groups is 3. The first-order valence-electron chi connectivity index (χ1n) is 9.11. The second-order valence-electron chi connectivity index (χ2n) is 6.54. The number of phenolic OH excluding ortho intramolecular Hbond substituents is 1. The molecule has 10 N–H and O–H groups in total. The van der Waals surface area contributed by atoms with E-state index in [1.54, 1.807) is 12.1 Å². The summed E-state index contributed by atoms with van der Waals surface area (Å²) in [5, 5.41) is 34.7. The molecule has 10 nitrogen and oxygen atoms in total. The molecule has 0 radical (unpaired) electrons. The molecule has 0 bridgehead atoms. The molecule has 10 heteroatoms. The fourth-order valence-corrected chi connectivity index (χ4v) is 2.50. The van der Waals surface area contributed by atoms with Gasteiger partial charge in [-0.25, -0.2) is 0 Å². The summed E-state index contributed by atoms with van der Waals surface area (Å²) in [7, 11) is 0. The number of nitrogens with one attached hydrogen (secondary N) is 2. The Hall–Kier alpha value is -2.69. The first-order valence-corrected chi connectivity index (χ1v) is 9.11. The number of unbranched alkanes of at least 4 members (excludes halogenated alkanes) is 1.